The molecular weight excluding hydrogens is 422 g/mol. The van der Waals surface area contributed by atoms with Crippen molar-refractivity contribution in [3.63, 3.8) is 0 Å². The number of hydrogen-bond donors (Lipinski definition) is 3. The number of ether oxygens (including phenoxy) is 1. The highest BCUT2D eigenvalue weighted by molar-refractivity contribution is 7.21. The van der Waals surface area contributed by atoms with Crippen LogP contribution in [0.1, 0.15) is 21.7 Å². The van der Waals surface area contributed by atoms with Gasteiger partial charge < -0.3 is 15.2 Å². The van der Waals surface area contributed by atoms with Crippen LogP contribution in [0.15, 0.2) is 30.9 Å². The van der Waals surface area contributed by atoms with Crippen LogP contribution in [0.2, 0.25) is 0 Å². The number of thiazole rings is 1. The Labute approximate surface area is 179 Å². The van der Waals surface area contributed by atoms with Gasteiger partial charge in [-0.25, -0.2) is 9.31 Å². The third-order valence-corrected chi connectivity index (χ3v) is 6.07. The third-order valence-electron chi connectivity index (χ3n) is 4.93. The molecule has 1 aliphatic rings. The minimum Gasteiger partial charge on any atom is -0.465 e. The van der Waals surface area contributed by atoms with Crippen molar-refractivity contribution in [2.24, 2.45) is 0 Å². The number of pyridine rings is 1. The van der Waals surface area contributed by atoms with Gasteiger partial charge >= 0.3 is 6.09 Å². The Morgan fingerprint density at radius 2 is 2.10 bits per heavy atom. The SMILES string of the molecule is Cc1ncc(NC(=O)O)cc1NC(=O)c1cnn2cc(-c3cnn4c3COCC4)sc12. The number of hydrogen-bond acceptors (Lipinski definition) is 7. The minimum atomic E-state index is -1.21. The summed E-state index contributed by atoms with van der Waals surface area (Å²) < 4.78 is 9.15. The third kappa shape index (κ3) is 3.51. The maximum Gasteiger partial charge on any atom is 0.409 e. The number of nitrogens with zero attached hydrogens (tertiary/aromatic N) is 5. The predicted octanol–water partition coefficient (Wildman–Crippen LogP) is 2.84. The van der Waals surface area contributed by atoms with E-state index >= 15 is 0 Å². The second kappa shape index (κ2) is 7.49. The second-order valence-electron chi connectivity index (χ2n) is 6.93. The first-order valence-corrected chi connectivity index (χ1v) is 10.2. The van der Waals surface area contributed by atoms with Gasteiger partial charge in [-0.15, -0.1) is 11.3 Å². The zero-order valence-electron chi connectivity index (χ0n) is 16.3. The molecule has 5 heterocycles. The van der Waals surface area contributed by atoms with Gasteiger partial charge in [0.2, 0.25) is 0 Å². The van der Waals surface area contributed by atoms with Crippen LogP contribution in [0.5, 0.6) is 0 Å². The van der Waals surface area contributed by atoms with Crippen LogP contribution in [0.4, 0.5) is 16.2 Å². The number of carbonyl (C=O) groups is 2. The standard InChI is InChI=1S/C19H17N7O4S/c1-10-14(4-11(5-20-10)23-19(28)29)24-17(27)13-7-22-26-8-16(31-18(13)26)12-6-21-25-2-3-30-9-15(12)25/h4-8,23H,2-3,9H2,1H3,(H,24,27)(H,28,29). The fourth-order valence-corrected chi connectivity index (χ4v) is 4.48. The van der Waals surface area contributed by atoms with E-state index in [0.717, 1.165) is 16.1 Å². The van der Waals surface area contributed by atoms with Crippen molar-refractivity contribution in [2.45, 2.75) is 20.1 Å². The lowest BCUT2D eigenvalue weighted by molar-refractivity contribution is 0.0804. The second-order valence-corrected chi connectivity index (χ2v) is 7.96. The molecular formula is C19H17N7O4S. The van der Waals surface area contributed by atoms with Gasteiger partial charge in [-0.3, -0.25) is 19.8 Å². The molecule has 4 aromatic rings. The molecule has 0 saturated carbocycles. The molecule has 0 fully saturated rings. The van der Waals surface area contributed by atoms with E-state index in [0.29, 0.717) is 41.5 Å². The highest BCUT2D eigenvalue weighted by atomic mass is 32.1. The van der Waals surface area contributed by atoms with Gasteiger partial charge in [0, 0.05) is 11.8 Å². The highest BCUT2D eigenvalue weighted by Gasteiger charge is 2.21. The molecule has 0 saturated heterocycles. The maximum absolute atomic E-state index is 12.9. The molecule has 4 aromatic heterocycles. The van der Waals surface area contributed by atoms with Crippen molar-refractivity contribution in [1.82, 2.24) is 24.4 Å². The Bertz CT molecular complexity index is 1320. The Kier molecular flexibility index (Phi) is 4.64. The summed E-state index contributed by atoms with van der Waals surface area (Å²) in [7, 11) is 0. The Hall–Kier alpha value is -3.77. The van der Waals surface area contributed by atoms with Gasteiger partial charge in [0.05, 0.1) is 71.6 Å². The molecule has 31 heavy (non-hydrogen) atoms. The van der Waals surface area contributed by atoms with Crippen LogP contribution in [0.3, 0.4) is 0 Å². The van der Waals surface area contributed by atoms with Crippen molar-refractivity contribution in [3.05, 3.63) is 47.8 Å². The maximum atomic E-state index is 12.9. The van der Waals surface area contributed by atoms with Gasteiger partial charge in [-0.2, -0.15) is 10.2 Å². The van der Waals surface area contributed by atoms with E-state index in [1.807, 2.05) is 17.1 Å². The number of amides is 2. The van der Waals surface area contributed by atoms with Crippen LogP contribution in [-0.4, -0.2) is 48.1 Å². The molecule has 0 aliphatic carbocycles. The monoisotopic (exact) mass is 439 g/mol. The van der Waals surface area contributed by atoms with E-state index < -0.39 is 6.09 Å². The lowest BCUT2D eigenvalue weighted by Gasteiger charge is -2.14. The van der Waals surface area contributed by atoms with Crippen molar-refractivity contribution < 1.29 is 19.4 Å². The first-order valence-electron chi connectivity index (χ1n) is 9.37. The average Bonchev–Trinajstić information content (AvgIpc) is 3.43. The Morgan fingerprint density at radius 1 is 1.23 bits per heavy atom. The first-order chi connectivity index (χ1) is 15.0. The predicted molar refractivity (Wildman–Crippen MR) is 113 cm³/mol. The largest absolute Gasteiger partial charge is 0.465 e. The van der Waals surface area contributed by atoms with E-state index in [-0.39, 0.29) is 11.6 Å². The van der Waals surface area contributed by atoms with Crippen molar-refractivity contribution in [1.29, 1.82) is 0 Å². The fraction of sp³-hybridized carbons (Fsp3) is 0.211. The molecule has 3 N–H and O–H groups in total. The van der Waals surface area contributed by atoms with E-state index in [4.69, 9.17) is 9.84 Å². The smallest absolute Gasteiger partial charge is 0.409 e. The molecule has 0 spiro atoms. The minimum absolute atomic E-state index is 0.264. The number of fused-ring (bicyclic) bond motifs is 2. The number of nitrogens with one attached hydrogen (secondary N) is 2. The van der Waals surface area contributed by atoms with E-state index in [1.54, 1.807) is 11.4 Å². The fourth-order valence-electron chi connectivity index (χ4n) is 3.39. The van der Waals surface area contributed by atoms with Crippen LogP contribution >= 0.6 is 11.3 Å². The van der Waals surface area contributed by atoms with Gasteiger partial charge in [-0.1, -0.05) is 0 Å². The average molecular weight is 439 g/mol. The van der Waals surface area contributed by atoms with E-state index in [9.17, 15) is 9.59 Å². The van der Waals surface area contributed by atoms with Crippen molar-refractivity contribution in [3.8, 4) is 10.4 Å². The Balaban J connectivity index is 1.44. The molecule has 0 unspecified atom stereocenters. The lowest BCUT2D eigenvalue weighted by Crippen LogP contribution is -2.17. The van der Waals surface area contributed by atoms with Gasteiger partial charge in [0.25, 0.3) is 5.91 Å². The summed E-state index contributed by atoms with van der Waals surface area (Å²) in [6.07, 6.45) is 5.36. The summed E-state index contributed by atoms with van der Waals surface area (Å²) in [5, 5.41) is 22.6. The molecule has 11 nitrogen and oxygen atoms in total. The van der Waals surface area contributed by atoms with Crippen LogP contribution < -0.4 is 10.6 Å². The Morgan fingerprint density at radius 3 is 2.94 bits per heavy atom. The summed E-state index contributed by atoms with van der Waals surface area (Å²) in [6, 6.07) is 1.52. The number of anilines is 2. The molecule has 12 heteroatoms. The summed E-state index contributed by atoms with van der Waals surface area (Å²) in [6.45, 7) is 3.58. The molecule has 0 radical (unpaired) electrons. The summed E-state index contributed by atoms with van der Waals surface area (Å²) in [4.78, 5) is 29.6. The topological polar surface area (TPSA) is 136 Å². The molecule has 0 atom stereocenters. The summed E-state index contributed by atoms with van der Waals surface area (Å²) in [5.74, 6) is -0.360. The van der Waals surface area contributed by atoms with Gasteiger partial charge in [0.15, 0.2) is 0 Å². The number of aromatic nitrogens is 5. The van der Waals surface area contributed by atoms with Gasteiger partial charge in [-0.05, 0) is 13.0 Å². The molecule has 1 aliphatic heterocycles. The van der Waals surface area contributed by atoms with Crippen LogP contribution in [0.25, 0.3) is 15.3 Å². The molecule has 0 bridgehead atoms. The molecule has 158 valence electrons. The summed E-state index contributed by atoms with van der Waals surface area (Å²) in [5.41, 5.74) is 3.62. The quantitative estimate of drug-likeness (QED) is 0.445. The zero-order valence-corrected chi connectivity index (χ0v) is 17.1. The highest BCUT2D eigenvalue weighted by Crippen LogP contribution is 2.34. The first kappa shape index (κ1) is 19.2. The van der Waals surface area contributed by atoms with E-state index in [1.165, 1.54) is 29.8 Å². The van der Waals surface area contributed by atoms with Crippen LogP contribution in [0, 0.1) is 6.92 Å². The van der Waals surface area contributed by atoms with Crippen molar-refractivity contribution in [2.75, 3.05) is 17.2 Å². The lowest BCUT2D eigenvalue weighted by atomic mass is 10.2. The molecule has 5 rings (SSSR count). The molecule has 2 amide bonds. The van der Waals surface area contributed by atoms with Gasteiger partial charge in [0.1, 0.15) is 4.83 Å². The number of rotatable bonds is 4. The van der Waals surface area contributed by atoms with Crippen molar-refractivity contribution >= 4 is 39.5 Å². The zero-order chi connectivity index (χ0) is 21.5. The number of carboxylic acid groups (broad SMARTS) is 1. The molecule has 0 aromatic carbocycles. The van der Waals surface area contributed by atoms with E-state index in [2.05, 4.69) is 25.8 Å². The number of carbonyl (C=O) groups excluding carboxylic acids is 1. The normalized spacial score (nSPS) is 13.2. The number of aryl methyl sites for hydroxylation is 1. The van der Waals surface area contributed by atoms with Crippen LogP contribution in [-0.2, 0) is 17.9 Å². The summed E-state index contributed by atoms with van der Waals surface area (Å²) >= 11 is 1.44.